The van der Waals surface area contributed by atoms with Gasteiger partial charge >= 0.3 is 5.97 Å². The summed E-state index contributed by atoms with van der Waals surface area (Å²) in [5, 5.41) is 2.79. The number of carbonyl (C=O) groups is 2. The summed E-state index contributed by atoms with van der Waals surface area (Å²) in [5.41, 5.74) is 1.17. The Labute approximate surface area is 139 Å². The van der Waals surface area contributed by atoms with Crippen LogP contribution >= 0.6 is 0 Å². The van der Waals surface area contributed by atoms with Crippen molar-refractivity contribution in [1.29, 1.82) is 0 Å². The Bertz CT molecular complexity index is 861. The molecule has 3 heterocycles. The van der Waals surface area contributed by atoms with E-state index < -0.39 is 17.5 Å². The summed E-state index contributed by atoms with van der Waals surface area (Å²) in [6.45, 7) is 3.54. The maximum atomic E-state index is 12.3. The summed E-state index contributed by atoms with van der Waals surface area (Å²) in [6.07, 6.45) is 0.172. The Kier molecular flexibility index (Phi) is 3.13. The monoisotopic (exact) mass is 323 g/mol. The number of carbonyl (C=O) groups excluding carboxylic acids is 2. The predicted molar refractivity (Wildman–Crippen MR) is 86.8 cm³/mol. The van der Waals surface area contributed by atoms with Gasteiger partial charge in [-0.3, -0.25) is 4.79 Å². The van der Waals surface area contributed by atoms with E-state index in [4.69, 9.17) is 9.15 Å². The third kappa shape index (κ3) is 2.24. The number of amides is 1. The van der Waals surface area contributed by atoms with E-state index >= 15 is 0 Å². The minimum Gasteiger partial charge on any atom is -0.460 e. The van der Waals surface area contributed by atoms with Gasteiger partial charge in [0.1, 0.15) is 17.1 Å². The lowest BCUT2D eigenvalue weighted by molar-refractivity contribution is -0.144. The minimum absolute atomic E-state index is 0.136. The zero-order chi connectivity index (χ0) is 16.9. The number of ether oxygens (including phenoxy) is 1. The number of hydrogen-bond donors (Lipinski definition) is 1. The Morgan fingerprint density at radius 3 is 2.58 bits per heavy atom. The van der Waals surface area contributed by atoms with Gasteiger partial charge in [0.15, 0.2) is 0 Å². The van der Waals surface area contributed by atoms with Gasteiger partial charge in [0.25, 0.3) is 0 Å². The first kappa shape index (κ1) is 14.8. The molecular formula is C19H17NO4. The second-order valence-corrected chi connectivity index (χ2v) is 6.56. The van der Waals surface area contributed by atoms with Crippen molar-refractivity contribution in [2.45, 2.75) is 31.8 Å². The zero-order valence-electron chi connectivity index (χ0n) is 13.5. The second kappa shape index (κ2) is 5.09. The Morgan fingerprint density at radius 2 is 1.83 bits per heavy atom. The molecule has 24 heavy (non-hydrogen) atoms. The predicted octanol–water partition coefficient (Wildman–Crippen LogP) is 3.14. The number of nitrogens with one attached hydrogen (secondary N) is 1. The molecule has 0 fully saturated rings. The van der Waals surface area contributed by atoms with Crippen LogP contribution in [0.3, 0.4) is 0 Å². The molecule has 1 N–H and O–H groups in total. The van der Waals surface area contributed by atoms with Crippen molar-refractivity contribution in [3.8, 4) is 11.3 Å². The van der Waals surface area contributed by atoms with E-state index in [0.717, 1.165) is 5.56 Å². The van der Waals surface area contributed by atoms with Crippen LogP contribution in [0.4, 0.5) is 0 Å². The van der Waals surface area contributed by atoms with E-state index in [1.807, 2.05) is 42.5 Å². The molecule has 1 amide bonds. The molecular weight excluding hydrogens is 306 g/mol. The summed E-state index contributed by atoms with van der Waals surface area (Å²) >= 11 is 0. The largest absolute Gasteiger partial charge is 0.460 e. The van der Waals surface area contributed by atoms with Gasteiger partial charge < -0.3 is 14.5 Å². The number of furan rings is 1. The molecule has 0 radical (unpaired) electrons. The van der Waals surface area contributed by atoms with E-state index in [-0.39, 0.29) is 12.3 Å². The van der Waals surface area contributed by atoms with Crippen molar-refractivity contribution in [2.75, 3.05) is 0 Å². The first-order valence-electron chi connectivity index (χ1n) is 7.89. The molecule has 0 aliphatic carbocycles. The quantitative estimate of drug-likeness (QED) is 0.862. The second-order valence-electron chi connectivity index (χ2n) is 6.56. The number of hydrogen-bond acceptors (Lipinski definition) is 4. The molecule has 0 spiro atoms. The molecule has 122 valence electrons. The third-order valence-electron chi connectivity index (χ3n) is 4.47. The lowest BCUT2D eigenvalue weighted by Gasteiger charge is -2.26. The first-order chi connectivity index (χ1) is 11.5. The van der Waals surface area contributed by atoms with E-state index in [1.165, 1.54) is 0 Å². The van der Waals surface area contributed by atoms with Crippen LogP contribution < -0.4 is 5.32 Å². The number of rotatable bonds is 2. The maximum Gasteiger partial charge on any atom is 0.337 e. The average Bonchev–Trinajstić information content (AvgIpc) is 3.11. The van der Waals surface area contributed by atoms with Gasteiger partial charge in [0.2, 0.25) is 5.91 Å². The molecule has 1 aromatic carbocycles. The van der Waals surface area contributed by atoms with Crippen molar-refractivity contribution in [3.63, 3.8) is 0 Å². The highest BCUT2D eigenvalue weighted by Gasteiger charge is 2.48. The molecule has 5 heteroatoms. The smallest absolute Gasteiger partial charge is 0.337 e. The van der Waals surface area contributed by atoms with Gasteiger partial charge in [0, 0.05) is 12.0 Å². The lowest BCUT2D eigenvalue weighted by atomic mass is 9.86. The minimum atomic E-state index is -0.824. The molecule has 2 aromatic rings. The Balaban J connectivity index is 1.76. The van der Waals surface area contributed by atoms with Crippen molar-refractivity contribution in [3.05, 3.63) is 59.5 Å². The fourth-order valence-corrected chi connectivity index (χ4v) is 3.32. The molecule has 0 unspecified atom stereocenters. The highest BCUT2D eigenvalue weighted by Crippen LogP contribution is 2.43. The summed E-state index contributed by atoms with van der Waals surface area (Å²) in [6, 6.07) is 13.4. The summed E-state index contributed by atoms with van der Waals surface area (Å²) in [4.78, 5) is 24.4. The SMILES string of the molecule is CC1(C)OC(=O)C2=C1NC(=O)C[C@@H]2c1ccc(-c2ccccc2)o1. The van der Waals surface area contributed by atoms with E-state index in [0.29, 0.717) is 22.8 Å². The average molecular weight is 323 g/mol. The molecule has 5 nitrogen and oxygen atoms in total. The van der Waals surface area contributed by atoms with Crippen LogP contribution in [0, 0.1) is 0 Å². The zero-order valence-corrected chi connectivity index (χ0v) is 13.5. The van der Waals surface area contributed by atoms with Crippen LogP contribution in [0.2, 0.25) is 0 Å². The normalized spacial score (nSPS) is 22.2. The van der Waals surface area contributed by atoms with Crippen LogP contribution in [0.1, 0.15) is 31.9 Å². The highest BCUT2D eigenvalue weighted by atomic mass is 16.6. The van der Waals surface area contributed by atoms with Gasteiger partial charge in [-0.15, -0.1) is 0 Å². The Morgan fingerprint density at radius 1 is 1.08 bits per heavy atom. The molecule has 2 aliphatic heterocycles. The van der Waals surface area contributed by atoms with E-state index in [1.54, 1.807) is 13.8 Å². The van der Waals surface area contributed by atoms with Gasteiger partial charge in [-0.1, -0.05) is 30.3 Å². The van der Waals surface area contributed by atoms with Crippen LogP contribution in [0.15, 0.2) is 58.2 Å². The summed E-state index contributed by atoms with van der Waals surface area (Å²) in [7, 11) is 0. The highest BCUT2D eigenvalue weighted by molar-refractivity contribution is 5.99. The molecule has 1 atom stereocenters. The fraction of sp³-hybridized carbons (Fsp3) is 0.263. The van der Waals surface area contributed by atoms with Gasteiger partial charge in [-0.05, 0) is 26.0 Å². The standard InChI is InChI=1S/C19H17NO4/c1-19(2)17-16(18(22)24-19)12(10-15(21)20-17)14-9-8-13(23-14)11-6-4-3-5-7-11/h3-9,12H,10H2,1-2H3,(H,20,21)/t12-/m1/s1. The topological polar surface area (TPSA) is 68.5 Å². The van der Waals surface area contributed by atoms with Gasteiger partial charge in [0.05, 0.1) is 17.2 Å². The molecule has 1 aromatic heterocycles. The van der Waals surface area contributed by atoms with Crippen LogP contribution in [0.25, 0.3) is 11.3 Å². The lowest BCUT2D eigenvalue weighted by Crippen LogP contribution is -2.38. The molecule has 0 saturated heterocycles. The molecule has 2 aliphatic rings. The van der Waals surface area contributed by atoms with Crippen molar-refractivity contribution < 1.29 is 18.7 Å². The van der Waals surface area contributed by atoms with Gasteiger partial charge in [-0.25, -0.2) is 4.79 Å². The number of cyclic esters (lactones) is 1. The maximum absolute atomic E-state index is 12.3. The van der Waals surface area contributed by atoms with Crippen LogP contribution in [-0.4, -0.2) is 17.5 Å². The van der Waals surface area contributed by atoms with Crippen molar-refractivity contribution >= 4 is 11.9 Å². The number of benzene rings is 1. The summed E-state index contributed by atoms with van der Waals surface area (Å²) < 4.78 is 11.4. The molecule has 4 rings (SSSR count). The third-order valence-corrected chi connectivity index (χ3v) is 4.47. The van der Waals surface area contributed by atoms with E-state index in [2.05, 4.69) is 5.32 Å². The first-order valence-corrected chi connectivity index (χ1v) is 7.89. The fourth-order valence-electron chi connectivity index (χ4n) is 3.32. The van der Waals surface area contributed by atoms with Crippen molar-refractivity contribution in [2.24, 2.45) is 0 Å². The van der Waals surface area contributed by atoms with Crippen LogP contribution in [0.5, 0.6) is 0 Å². The van der Waals surface area contributed by atoms with Gasteiger partial charge in [-0.2, -0.15) is 0 Å². The van der Waals surface area contributed by atoms with Crippen molar-refractivity contribution in [1.82, 2.24) is 5.32 Å². The molecule has 0 bridgehead atoms. The number of esters is 1. The molecule has 0 saturated carbocycles. The van der Waals surface area contributed by atoms with E-state index in [9.17, 15) is 9.59 Å². The summed E-state index contributed by atoms with van der Waals surface area (Å²) in [5.74, 6) is 0.371. The Hall–Kier alpha value is -2.82. The van der Waals surface area contributed by atoms with Crippen LogP contribution in [-0.2, 0) is 14.3 Å².